The standard InChI is InChI=1S/C16H22F3N3O2/c1-24-10-2-7-20-15(23)12-5-8-22(9-6-12)14-4-3-13(11-21-14)16(17,18)19/h3-4,11-12H,2,5-10H2,1H3,(H,20,23). The molecule has 134 valence electrons. The zero-order valence-corrected chi connectivity index (χ0v) is 13.6. The lowest BCUT2D eigenvalue weighted by Crippen LogP contribution is -2.41. The molecule has 1 amide bonds. The molecule has 1 N–H and O–H groups in total. The molecule has 5 nitrogen and oxygen atoms in total. The van der Waals surface area contributed by atoms with Crippen LogP contribution in [0.3, 0.4) is 0 Å². The summed E-state index contributed by atoms with van der Waals surface area (Å²) in [7, 11) is 1.62. The maximum Gasteiger partial charge on any atom is 0.417 e. The fraction of sp³-hybridized carbons (Fsp3) is 0.625. The number of hydrogen-bond acceptors (Lipinski definition) is 4. The number of amides is 1. The number of rotatable bonds is 6. The second-order valence-corrected chi connectivity index (χ2v) is 5.80. The van der Waals surface area contributed by atoms with Crippen molar-refractivity contribution < 1.29 is 22.7 Å². The Morgan fingerprint density at radius 1 is 1.38 bits per heavy atom. The van der Waals surface area contributed by atoms with Crippen molar-refractivity contribution in [2.45, 2.75) is 25.4 Å². The number of carbonyl (C=O) groups excluding carboxylic acids is 1. The SMILES string of the molecule is COCCCNC(=O)C1CCN(c2ccc(C(F)(F)F)cn2)CC1. The lowest BCUT2D eigenvalue weighted by molar-refractivity contribution is -0.137. The van der Waals surface area contributed by atoms with Gasteiger partial charge in [-0.05, 0) is 31.4 Å². The molecule has 0 atom stereocenters. The monoisotopic (exact) mass is 345 g/mol. The quantitative estimate of drug-likeness (QED) is 0.805. The first kappa shape index (κ1) is 18.5. The number of alkyl halides is 3. The number of hydrogen-bond donors (Lipinski definition) is 1. The smallest absolute Gasteiger partial charge is 0.385 e. The summed E-state index contributed by atoms with van der Waals surface area (Å²) in [4.78, 5) is 17.9. The van der Waals surface area contributed by atoms with Gasteiger partial charge in [0.2, 0.25) is 5.91 Å². The maximum absolute atomic E-state index is 12.5. The zero-order chi connectivity index (χ0) is 17.6. The van der Waals surface area contributed by atoms with Crippen LogP contribution >= 0.6 is 0 Å². The summed E-state index contributed by atoms with van der Waals surface area (Å²) in [5, 5.41) is 2.89. The van der Waals surface area contributed by atoms with E-state index in [-0.39, 0.29) is 11.8 Å². The summed E-state index contributed by atoms with van der Waals surface area (Å²) >= 11 is 0. The average Bonchev–Trinajstić information content (AvgIpc) is 2.58. The van der Waals surface area contributed by atoms with Gasteiger partial charge in [0.1, 0.15) is 5.82 Å². The van der Waals surface area contributed by atoms with E-state index in [1.165, 1.54) is 6.07 Å². The van der Waals surface area contributed by atoms with Crippen LogP contribution in [0.1, 0.15) is 24.8 Å². The van der Waals surface area contributed by atoms with Crippen molar-refractivity contribution in [2.24, 2.45) is 5.92 Å². The number of aromatic nitrogens is 1. The Morgan fingerprint density at radius 2 is 2.08 bits per heavy atom. The summed E-state index contributed by atoms with van der Waals surface area (Å²) in [6.07, 6.45) is -1.42. The van der Waals surface area contributed by atoms with E-state index in [1.54, 1.807) is 7.11 Å². The van der Waals surface area contributed by atoms with Gasteiger partial charge in [-0.3, -0.25) is 4.79 Å². The van der Waals surface area contributed by atoms with Crippen LogP contribution in [0.4, 0.5) is 19.0 Å². The minimum atomic E-state index is -4.38. The lowest BCUT2D eigenvalue weighted by Gasteiger charge is -2.32. The van der Waals surface area contributed by atoms with Crippen molar-refractivity contribution in [2.75, 3.05) is 38.3 Å². The van der Waals surface area contributed by atoms with Crippen molar-refractivity contribution in [3.8, 4) is 0 Å². The average molecular weight is 345 g/mol. The van der Waals surface area contributed by atoms with Gasteiger partial charge < -0.3 is 15.0 Å². The first-order valence-corrected chi connectivity index (χ1v) is 7.96. The van der Waals surface area contributed by atoms with Crippen molar-refractivity contribution in [3.63, 3.8) is 0 Å². The third-order valence-corrected chi connectivity index (χ3v) is 4.09. The molecule has 1 saturated heterocycles. The Morgan fingerprint density at radius 3 is 2.62 bits per heavy atom. The molecule has 0 unspecified atom stereocenters. The van der Waals surface area contributed by atoms with E-state index in [9.17, 15) is 18.0 Å². The summed E-state index contributed by atoms with van der Waals surface area (Å²) in [6.45, 7) is 2.41. The number of anilines is 1. The Hall–Kier alpha value is -1.83. The zero-order valence-electron chi connectivity index (χ0n) is 13.6. The van der Waals surface area contributed by atoms with E-state index in [0.29, 0.717) is 44.9 Å². The van der Waals surface area contributed by atoms with Crippen LogP contribution in [0.5, 0.6) is 0 Å². The molecule has 0 spiro atoms. The van der Waals surface area contributed by atoms with Crippen molar-refractivity contribution in [1.29, 1.82) is 0 Å². The predicted octanol–water partition coefficient (Wildman–Crippen LogP) is 2.47. The third kappa shape index (κ3) is 5.09. The first-order chi connectivity index (χ1) is 11.4. The molecular weight excluding hydrogens is 323 g/mol. The van der Waals surface area contributed by atoms with Crippen LogP contribution in [0.2, 0.25) is 0 Å². The van der Waals surface area contributed by atoms with Gasteiger partial charge in [-0.25, -0.2) is 4.98 Å². The molecule has 1 aromatic heterocycles. The summed E-state index contributed by atoms with van der Waals surface area (Å²) in [5.74, 6) is 0.492. The number of halogens is 3. The van der Waals surface area contributed by atoms with Gasteiger partial charge >= 0.3 is 6.18 Å². The molecule has 0 radical (unpaired) electrons. The molecular formula is C16H22F3N3O2. The summed E-state index contributed by atoms with van der Waals surface area (Å²) in [5.41, 5.74) is -0.753. The molecule has 0 aromatic carbocycles. The number of nitrogens with zero attached hydrogens (tertiary/aromatic N) is 2. The van der Waals surface area contributed by atoms with E-state index in [4.69, 9.17) is 4.74 Å². The van der Waals surface area contributed by atoms with Gasteiger partial charge in [0.15, 0.2) is 0 Å². The van der Waals surface area contributed by atoms with Crippen molar-refractivity contribution in [3.05, 3.63) is 23.9 Å². The number of methoxy groups -OCH3 is 1. The normalized spacial score (nSPS) is 16.2. The van der Waals surface area contributed by atoms with Gasteiger partial charge in [0.25, 0.3) is 0 Å². The van der Waals surface area contributed by atoms with Crippen LogP contribution in [-0.4, -0.2) is 44.2 Å². The highest BCUT2D eigenvalue weighted by atomic mass is 19.4. The minimum Gasteiger partial charge on any atom is -0.385 e. The molecule has 0 saturated carbocycles. The second kappa shape index (κ2) is 8.32. The van der Waals surface area contributed by atoms with Crippen molar-refractivity contribution in [1.82, 2.24) is 10.3 Å². The predicted molar refractivity (Wildman–Crippen MR) is 83.7 cm³/mol. The molecule has 1 aliphatic rings. The highest BCUT2D eigenvalue weighted by molar-refractivity contribution is 5.78. The van der Waals surface area contributed by atoms with Crippen LogP contribution in [0.25, 0.3) is 0 Å². The number of ether oxygens (including phenoxy) is 1. The van der Waals surface area contributed by atoms with E-state index >= 15 is 0 Å². The Kier molecular flexibility index (Phi) is 6.42. The third-order valence-electron chi connectivity index (χ3n) is 4.09. The number of piperidine rings is 1. The van der Waals surface area contributed by atoms with Crippen LogP contribution in [0, 0.1) is 5.92 Å². The molecule has 8 heteroatoms. The Bertz CT molecular complexity index is 526. The molecule has 0 bridgehead atoms. The van der Waals surface area contributed by atoms with E-state index in [2.05, 4.69) is 10.3 Å². The van der Waals surface area contributed by atoms with Crippen LogP contribution in [-0.2, 0) is 15.7 Å². The lowest BCUT2D eigenvalue weighted by atomic mass is 9.96. The van der Waals surface area contributed by atoms with E-state index in [1.807, 2.05) is 4.90 Å². The molecule has 0 aliphatic carbocycles. The first-order valence-electron chi connectivity index (χ1n) is 7.96. The van der Waals surface area contributed by atoms with Gasteiger partial charge in [0.05, 0.1) is 5.56 Å². The summed E-state index contributed by atoms with van der Waals surface area (Å²) in [6, 6.07) is 2.42. The largest absolute Gasteiger partial charge is 0.417 e. The molecule has 1 fully saturated rings. The number of pyridine rings is 1. The van der Waals surface area contributed by atoms with Crippen molar-refractivity contribution >= 4 is 11.7 Å². The number of carbonyl (C=O) groups is 1. The van der Waals surface area contributed by atoms with E-state index < -0.39 is 11.7 Å². The molecule has 1 aliphatic heterocycles. The molecule has 24 heavy (non-hydrogen) atoms. The van der Waals surface area contributed by atoms with Gasteiger partial charge in [-0.1, -0.05) is 0 Å². The highest BCUT2D eigenvalue weighted by Gasteiger charge is 2.31. The highest BCUT2D eigenvalue weighted by Crippen LogP contribution is 2.30. The minimum absolute atomic E-state index is 0.0335. The Balaban J connectivity index is 1.81. The molecule has 2 heterocycles. The van der Waals surface area contributed by atoms with Gasteiger partial charge in [-0.2, -0.15) is 13.2 Å². The maximum atomic E-state index is 12.5. The molecule has 2 rings (SSSR count). The Labute approximate surface area is 139 Å². The summed E-state index contributed by atoms with van der Waals surface area (Å²) < 4.78 is 42.6. The van der Waals surface area contributed by atoms with Crippen LogP contribution in [0.15, 0.2) is 18.3 Å². The number of nitrogens with one attached hydrogen (secondary N) is 1. The fourth-order valence-corrected chi connectivity index (χ4v) is 2.68. The fourth-order valence-electron chi connectivity index (χ4n) is 2.68. The topological polar surface area (TPSA) is 54.5 Å². The van der Waals surface area contributed by atoms with Crippen LogP contribution < -0.4 is 10.2 Å². The van der Waals surface area contributed by atoms with E-state index in [0.717, 1.165) is 18.7 Å². The second-order valence-electron chi connectivity index (χ2n) is 5.80. The van der Waals surface area contributed by atoms with Gasteiger partial charge in [-0.15, -0.1) is 0 Å². The molecule has 1 aromatic rings. The van der Waals surface area contributed by atoms with Gasteiger partial charge in [0, 0.05) is 45.5 Å².